The predicted molar refractivity (Wildman–Crippen MR) is 61.0 cm³/mol. The summed E-state index contributed by atoms with van der Waals surface area (Å²) < 4.78 is 1.58. The summed E-state index contributed by atoms with van der Waals surface area (Å²) in [4.78, 5) is 0. The van der Waals surface area contributed by atoms with Gasteiger partial charge >= 0.3 is 0 Å². The van der Waals surface area contributed by atoms with Gasteiger partial charge in [0.2, 0.25) is 15.2 Å². The van der Waals surface area contributed by atoms with Gasteiger partial charge in [0.25, 0.3) is 0 Å². The van der Waals surface area contributed by atoms with Crippen molar-refractivity contribution < 1.29 is 0 Å². The third-order valence-electron chi connectivity index (χ3n) is 2.25. The van der Waals surface area contributed by atoms with E-state index in [1.165, 1.54) is 17.3 Å². The zero-order chi connectivity index (χ0) is 9.68. The van der Waals surface area contributed by atoms with E-state index in [0.29, 0.717) is 21.1 Å². The Morgan fingerprint density at radius 3 is 2.69 bits per heavy atom. The molecule has 0 nitrogen and oxygen atoms in total. The first kappa shape index (κ1) is 10.8. The highest BCUT2D eigenvalue weighted by Gasteiger charge is 2.00. The second-order valence-electron chi connectivity index (χ2n) is 3.82. The average Bonchev–Trinajstić information content (AvgIpc) is 2.15. The van der Waals surface area contributed by atoms with Crippen LogP contribution in [0.2, 0.25) is 5.28 Å². The maximum absolute atomic E-state index is 2.38. The van der Waals surface area contributed by atoms with Crippen LogP contribution in [0.4, 0.5) is 0 Å². The van der Waals surface area contributed by atoms with E-state index in [9.17, 15) is 0 Å². The van der Waals surface area contributed by atoms with Gasteiger partial charge in [0.1, 0.15) is 0 Å². The zero-order valence-corrected chi connectivity index (χ0v) is 10.0. The molecule has 0 aliphatic carbocycles. The van der Waals surface area contributed by atoms with Crippen LogP contribution >= 0.6 is 0 Å². The van der Waals surface area contributed by atoms with Gasteiger partial charge in [0.05, 0.1) is 0 Å². The summed E-state index contributed by atoms with van der Waals surface area (Å²) in [6.45, 7) is 6.78. The molecule has 0 bridgehead atoms. The van der Waals surface area contributed by atoms with Gasteiger partial charge in [0, 0.05) is 0 Å². The van der Waals surface area contributed by atoms with E-state index in [2.05, 4.69) is 45.0 Å². The van der Waals surface area contributed by atoms with Crippen LogP contribution in [-0.2, 0) is 0 Å². The summed E-state index contributed by atoms with van der Waals surface area (Å²) in [6, 6.07) is 9.10. The molecule has 0 aliphatic heterocycles. The van der Waals surface area contributed by atoms with Crippen LogP contribution in [0.15, 0.2) is 24.3 Å². The molecule has 0 amide bonds. The van der Waals surface area contributed by atoms with Crippen LogP contribution in [0, 0.1) is 0 Å². The molecule has 1 rings (SSSR count). The van der Waals surface area contributed by atoms with E-state index in [1.54, 1.807) is 4.43 Å². The molecule has 1 aromatic rings. The third-order valence-corrected chi connectivity index (χ3v) is 3.94. The summed E-state index contributed by atoms with van der Waals surface area (Å²) in [5, 5.41) is 1.39. The Balaban J connectivity index is 2.68. The molecule has 13 heavy (non-hydrogen) atoms. The lowest BCUT2D eigenvalue weighted by Crippen LogP contribution is -2.13. The first-order chi connectivity index (χ1) is 6.24. The SMILES string of the molecule is CC[CH2][Al][c]1cccc(C(C)C)c1. The molecular weight excluding hydrogens is 171 g/mol. The molecule has 0 unspecified atom stereocenters. The average molecular weight is 189 g/mol. The highest BCUT2D eigenvalue weighted by molar-refractivity contribution is 6.53. The Kier molecular flexibility index (Phi) is 4.56. The zero-order valence-electron chi connectivity index (χ0n) is 8.88. The topological polar surface area (TPSA) is 0 Å². The number of rotatable bonds is 4. The molecule has 69 valence electrons. The van der Waals surface area contributed by atoms with Gasteiger partial charge in [-0.3, -0.25) is 0 Å². The van der Waals surface area contributed by atoms with Gasteiger partial charge < -0.3 is 0 Å². The molecule has 0 atom stereocenters. The summed E-state index contributed by atoms with van der Waals surface area (Å²) in [5.74, 6) is 0.668. The van der Waals surface area contributed by atoms with E-state index >= 15 is 0 Å². The summed E-state index contributed by atoms with van der Waals surface area (Å²) in [7, 11) is 0. The van der Waals surface area contributed by atoms with Gasteiger partial charge in [-0.1, -0.05) is 56.7 Å². The molecule has 0 saturated heterocycles. The molecule has 0 spiro atoms. The molecule has 1 heteroatoms. The monoisotopic (exact) mass is 189 g/mol. The molecule has 1 aromatic carbocycles. The van der Waals surface area contributed by atoms with Crippen molar-refractivity contribution >= 4 is 19.6 Å². The van der Waals surface area contributed by atoms with Crippen molar-refractivity contribution in [2.45, 2.75) is 38.4 Å². The first-order valence-electron chi connectivity index (χ1n) is 5.17. The lowest BCUT2D eigenvalue weighted by atomic mass is 10.0. The van der Waals surface area contributed by atoms with E-state index in [4.69, 9.17) is 0 Å². The molecular formula is C12H18Al. The molecule has 0 aromatic heterocycles. The van der Waals surface area contributed by atoms with Crippen molar-refractivity contribution in [3.63, 3.8) is 0 Å². The summed E-state index contributed by atoms with van der Waals surface area (Å²) in [5.41, 5.74) is 1.49. The van der Waals surface area contributed by atoms with Gasteiger partial charge in [-0.25, -0.2) is 0 Å². The summed E-state index contributed by atoms with van der Waals surface area (Å²) >= 11 is 0.514. The third kappa shape index (κ3) is 3.55. The number of benzene rings is 1. The molecule has 0 heterocycles. The fourth-order valence-corrected chi connectivity index (χ4v) is 2.54. The molecule has 0 saturated carbocycles. The van der Waals surface area contributed by atoms with Crippen LogP contribution < -0.4 is 4.43 Å². The standard InChI is InChI=1S/C9H11.C3H7.Al/c1-8(2)9-6-4-3-5-7-9;1-3-2;/h3-4,6-8H,1-2H3;1,3H2,2H3;. The smallest absolute Gasteiger partial charge is 0.124 e. The lowest BCUT2D eigenvalue weighted by molar-refractivity contribution is 0.868. The Bertz CT molecular complexity index is 253. The van der Waals surface area contributed by atoms with Gasteiger partial charge in [-0.2, -0.15) is 0 Å². The fraction of sp³-hybridized carbons (Fsp3) is 0.500. The van der Waals surface area contributed by atoms with Crippen LogP contribution in [0.3, 0.4) is 0 Å². The maximum atomic E-state index is 2.38. The van der Waals surface area contributed by atoms with Gasteiger partial charge in [-0.05, 0) is 11.5 Å². The number of hydrogen-bond donors (Lipinski definition) is 0. The summed E-state index contributed by atoms with van der Waals surface area (Å²) in [6.07, 6.45) is 1.32. The van der Waals surface area contributed by atoms with Crippen LogP contribution in [0.5, 0.6) is 0 Å². The minimum Gasteiger partial charge on any atom is -0.124 e. The number of hydrogen-bond acceptors (Lipinski definition) is 0. The van der Waals surface area contributed by atoms with Crippen molar-refractivity contribution in [2.75, 3.05) is 0 Å². The van der Waals surface area contributed by atoms with Gasteiger partial charge in [-0.15, -0.1) is 4.43 Å². The maximum Gasteiger partial charge on any atom is 0.250 e. The van der Waals surface area contributed by atoms with Crippen molar-refractivity contribution in [2.24, 2.45) is 0 Å². The highest BCUT2D eigenvalue weighted by atomic mass is 27.1. The van der Waals surface area contributed by atoms with Crippen LogP contribution in [-0.4, -0.2) is 15.2 Å². The minimum atomic E-state index is 0.514. The lowest BCUT2D eigenvalue weighted by Gasteiger charge is -2.07. The fourth-order valence-electron chi connectivity index (χ4n) is 1.36. The van der Waals surface area contributed by atoms with Crippen LogP contribution in [0.1, 0.15) is 38.7 Å². The first-order valence-corrected chi connectivity index (χ1v) is 6.56. The molecule has 1 radical (unpaired) electrons. The molecule has 0 aliphatic rings. The van der Waals surface area contributed by atoms with Gasteiger partial charge in [0.15, 0.2) is 0 Å². The molecule has 0 N–H and O–H groups in total. The van der Waals surface area contributed by atoms with E-state index in [1.807, 2.05) is 0 Å². The highest BCUT2D eigenvalue weighted by Crippen LogP contribution is 2.11. The van der Waals surface area contributed by atoms with Crippen molar-refractivity contribution in [3.8, 4) is 0 Å². The van der Waals surface area contributed by atoms with E-state index < -0.39 is 0 Å². The van der Waals surface area contributed by atoms with Crippen molar-refractivity contribution in [3.05, 3.63) is 29.8 Å². The Hall–Kier alpha value is -0.248. The van der Waals surface area contributed by atoms with Crippen molar-refractivity contribution in [1.82, 2.24) is 0 Å². The van der Waals surface area contributed by atoms with E-state index in [-0.39, 0.29) is 0 Å². The normalized spacial score (nSPS) is 10.5. The minimum absolute atomic E-state index is 0.514. The van der Waals surface area contributed by atoms with Crippen LogP contribution in [0.25, 0.3) is 0 Å². The van der Waals surface area contributed by atoms with Crippen molar-refractivity contribution in [1.29, 1.82) is 0 Å². The quantitative estimate of drug-likeness (QED) is 0.639. The Morgan fingerprint density at radius 1 is 1.31 bits per heavy atom. The Morgan fingerprint density at radius 2 is 2.08 bits per heavy atom. The second kappa shape index (κ2) is 5.48. The predicted octanol–water partition coefficient (Wildman–Crippen LogP) is 2.97. The Labute approximate surface area is 88.1 Å². The largest absolute Gasteiger partial charge is 0.250 e. The van der Waals surface area contributed by atoms with E-state index in [0.717, 1.165) is 0 Å². The second-order valence-corrected chi connectivity index (χ2v) is 5.47. The molecule has 0 fully saturated rings.